The van der Waals surface area contributed by atoms with Gasteiger partial charge in [-0.2, -0.15) is 0 Å². The van der Waals surface area contributed by atoms with Gasteiger partial charge in [0.25, 0.3) is 0 Å². The summed E-state index contributed by atoms with van der Waals surface area (Å²) in [6, 6.07) is 18.2. The molecule has 0 fully saturated rings. The van der Waals surface area contributed by atoms with Gasteiger partial charge in [0.15, 0.2) is 0 Å². The van der Waals surface area contributed by atoms with Crippen LogP contribution in [0.3, 0.4) is 0 Å². The van der Waals surface area contributed by atoms with Crippen molar-refractivity contribution >= 4 is 62.7 Å². The van der Waals surface area contributed by atoms with Gasteiger partial charge >= 0.3 is 5.69 Å². The number of aromatic nitrogens is 2. The summed E-state index contributed by atoms with van der Waals surface area (Å²) in [5, 5.41) is 20.5. The summed E-state index contributed by atoms with van der Waals surface area (Å²) < 4.78 is 0. The molecule has 0 aliphatic rings. The smallest absolute Gasteiger partial charge is 0.334 e. The summed E-state index contributed by atoms with van der Waals surface area (Å²) in [4.78, 5) is 19.4. The van der Waals surface area contributed by atoms with E-state index < -0.39 is 4.92 Å². The van der Waals surface area contributed by atoms with Gasteiger partial charge in [0.05, 0.1) is 15.6 Å². The fraction of sp³-hybridized carbons (Fsp3) is 0. The molecule has 29 heavy (non-hydrogen) atoms. The maximum atomic E-state index is 11.8. The topological polar surface area (TPSA) is 93.0 Å². The van der Waals surface area contributed by atoms with Gasteiger partial charge in [0.2, 0.25) is 11.6 Å². The number of nitrogens with one attached hydrogen (secondary N) is 2. The van der Waals surface area contributed by atoms with E-state index in [-0.39, 0.29) is 17.3 Å². The highest BCUT2D eigenvalue weighted by molar-refractivity contribution is 6.36. The number of nitrogens with zero attached hydrogens (tertiary/aromatic N) is 3. The van der Waals surface area contributed by atoms with E-state index in [0.29, 0.717) is 21.4 Å². The molecule has 3 aromatic carbocycles. The van der Waals surface area contributed by atoms with E-state index >= 15 is 0 Å². The molecule has 7 nitrogen and oxygen atoms in total. The lowest BCUT2D eigenvalue weighted by molar-refractivity contribution is -0.383. The van der Waals surface area contributed by atoms with Gasteiger partial charge in [0, 0.05) is 16.1 Å². The van der Waals surface area contributed by atoms with E-state index in [2.05, 4.69) is 20.6 Å². The first-order valence-electron chi connectivity index (χ1n) is 8.49. The van der Waals surface area contributed by atoms with Crippen LogP contribution >= 0.6 is 23.2 Å². The lowest BCUT2D eigenvalue weighted by Crippen LogP contribution is -2.06. The van der Waals surface area contributed by atoms with E-state index in [1.165, 1.54) is 12.4 Å². The molecule has 0 aliphatic heterocycles. The molecule has 0 atom stereocenters. The Bertz CT molecular complexity index is 1230. The third-order valence-electron chi connectivity index (χ3n) is 4.23. The summed E-state index contributed by atoms with van der Waals surface area (Å²) in [7, 11) is 0. The largest absolute Gasteiger partial charge is 0.353 e. The van der Waals surface area contributed by atoms with E-state index in [1.807, 2.05) is 42.5 Å². The highest BCUT2D eigenvalue weighted by atomic mass is 35.5. The second kappa shape index (κ2) is 7.90. The molecule has 0 spiro atoms. The average Bonchev–Trinajstić information content (AvgIpc) is 2.70. The van der Waals surface area contributed by atoms with Gasteiger partial charge in [-0.3, -0.25) is 10.1 Å². The summed E-state index contributed by atoms with van der Waals surface area (Å²) in [6.07, 6.45) is 1.24. The first-order chi connectivity index (χ1) is 14.0. The van der Waals surface area contributed by atoms with Gasteiger partial charge in [-0.1, -0.05) is 59.6 Å². The predicted molar refractivity (Wildman–Crippen MR) is 116 cm³/mol. The number of fused-ring (bicyclic) bond motifs is 1. The highest BCUT2D eigenvalue weighted by Gasteiger charge is 2.24. The lowest BCUT2D eigenvalue weighted by atomic mass is 10.1. The SMILES string of the molecule is O=[N+]([O-])c1c(Nc2ccc(Cl)cc2Cl)ncnc1Nc1cccc2ccccc12. The predicted octanol–water partition coefficient (Wildman–Crippen LogP) is 6.33. The molecular formula is C20H13Cl2N5O2. The summed E-state index contributed by atoms with van der Waals surface area (Å²) in [5.74, 6) is 0.0749. The Balaban J connectivity index is 1.76. The van der Waals surface area contributed by atoms with Crippen LogP contribution in [-0.2, 0) is 0 Å². The molecule has 4 aromatic rings. The van der Waals surface area contributed by atoms with Crippen molar-refractivity contribution in [3.63, 3.8) is 0 Å². The molecule has 4 rings (SSSR count). The van der Waals surface area contributed by atoms with Crippen molar-refractivity contribution in [2.24, 2.45) is 0 Å². The van der Waals surface area contributed by atoms with Crippen molar-refractivity contribution in [1.82, 2.24) is 9.97 Å². The number of hydrogen-bond donors (Lipinski definition) is 2. The zero-order valence-electron chi connectivity index (χ0n) is 14.8. The molecule has 0 saturated carbocycles. The van der Waals surface area contributed by atoms with Crippen LogP contribution in [-0.4, -0.2) is 14.9 Å². The van der Waals surface area contributed by atoms with Crippen molar-refractivity contribution in [1.29, 1.82) is 0 Å². The molecular weight excluding hydrogens is 413 g/mol. The van der Waals surface area contributed by atoms with Crippen LogP contribution in [0.4, 0.5) is 28.7 Å². The van der Waals surface area contributed by atoms with Crippen molar-refractivity contribution < 1.29 is 4.92 Å². The zero-order valence-corrected chi connectivity index (χ0v) is 16.3. The van der Waals surface area contributed by atoms with E-state index in [0.717, 1.165) is 10.8 Å². The van der Waals surface area contributed by atoms with Crippen molar-refractivity contribution in [3.05, 3.63) is 87.2 Å². The Hall–Kier alpha value is -3.42. The quantitative estimate of drug-likeness (QED) is 0.286. The Kier molecular flexibility index (Phi) is 5.16. The fourth-order valence-electron chi connectivity index (χ4n) is 2.92. The van der Waals surface area contributed by atoms with Crippen LogP contribution < -0.4 is 10.6 Å². The van der Waals surface area contributed by atoms with Crippen LogP contribution in [0.5, 0.6) is 0 Å². The molecule has 0 saturated heterocycles. The molecule has 0 radical (unpaired) electrons. The Morgan fingerprint density at radius 2 is 1.55 bits per heavy atom. The van der Waals surface area contributed by atoms with Crippen LogP contribution in [0.15, 0.2) is 67.0 Å². The van der Waals surface area contributed by atoms with Crippen LogP contribution in [0.1, 0.15) is 0 Å². The molecule has 0 unspecified atom stereocenters. The zero-order chi connectivity index (χ0) is 20.4. The van der Waals surface area contributed by atoms with Crippen molar-refractivity contribution in [3.8, 4) is 0 Å². The van der Waals surface area contributed by atoms with Crippen molar-refractivity contribution in [2.45, 2.75) is 0 Å². The van der Waals surface area contributed by atoms with E-state index in [4.69, 9.17) is 23.2 Å². The number of halogens is 2. The van der Waals surface area contributed by atoms with Gasteiger partial charge < -0.3 is 10.6 Å². The maximum absolute atomic E-state index is 11.8. The summed E-state index contributed by atoms with van der Waals surface area (Å²) in [6.45, 7) is 0. The second-order valence-corrected chi connectivity index (χ2v) is 6.92. The van der Waals surface area contributed by atoms with Crippen molar-refractivity contribution in [2.75, 3.05) is 10.6 Å². The number of benzene rings is 3. The second-order valence-electron chi connectivity index (χ2n) is 6.08. The molecule has 0 amide bonds. The van der Waals surface area contributed by atoms with E-state index in [1.54, 1.807) is 12.1 Å². The minimum absolute atomic E-state index is 0.0111. The highest BCUT2D eigenvalue weighted by Crippen LogP contribution is 2.36. The Morgan fingerprint density at radius 3 is 2.28 bits per heavy atom. The Morgan fingerprint density at radius 1 is 0.862 bits per heavy atom. The van der Waals surface area contributed by atoms with Gasteiger partial charge in [-0.15, -0.1) is 0 Å². The number of anilines is 4. The summed E-state index contributed by atoms with van der Waals surface area (Å²) >= 11 is 12.1. The van der Waals surface area contributed by atoms with Gasteiger partial charge in [-0.25, -0.2) is 9.97 Å². The van der Waals surface area contributed by atoms with Crippen LogP contribution in [0.2, 0.25) is 10.0 Å². The van der Waals surface area contributed by atoms with Crippen LogP contribution in [0.25, 0.3) is 10.8 Å². The minimum atomic E-state index is -0.542. The third-order valence-corrected chi connectivity index (χ3v) is 4.78. The lowest BCUT2D eigenvalue weighted by Gasteiger charge is -2.12. The molecule has 144 valence electrons. The van der Waals surface area contributed by atoms with Gasteiger partial charge in [-0.05, 0) is 29.7 Å². The molecule has 0 aliphatic carbocycles. The maximum Gasteiger partial charge on any atom is 0.353 e. The average molecular weight is 426 g/mol. The minimum Gasteiger partial charge on any atom is -0.334 e. The fourth-order valence-corrected chi connectivity index (χ4v) is 3.37. The van der Waals surface area contributed by atoms with E-state index in [9.17, 15) is 10.1 Å². The third kappa shape index (κ3) is 3.91. The molecule has 1 aromatic heterocycles. The van der Waals surface area contributed by atoms with Gasteiger partial charge in [0.1, 0.15) is 6.33 Å². The molecule has 0 bridgehead atoms. The first-order valence-corrected chi connectivity index (χ1v) is 9.25. The standard InChI is InChI=1S/C20H13Cl2N5O2/c21-13-8-9-17(15(22)10-13)26-20-18(27(28)29)19(23-11-24-20)25-16-7-3-5-12-4-1-2-6-14(12)16/h1-11H,(H2,23,24,25,26). The number of hydrogen-bond acceptors (Lipinski definition) is 6. The first kappa shape index (κ1) is 18.9. The number of rotatable bonds is 5. The molecule has 1 heterocycles. The monoisotopic (exact) mass is 425 g/mol. The van der Waals surface area contributed by atoms with Crippen LogP contribution in [0, 0.1) is 10.1 Å². The summed E-state index contributed by atoms with van der Waals surface area (Å²) in [5.41, 5.74) is 0.834. The molecule has 9 heteroatoms. The normalized spacial score (nSPS) is 10.7. The molecule has 2 N–H and O–H groups in total. The Labute approximate surface area is 175 Å². The number of nitro groups is 1.